The first-order valence-corrected chi connectivity index (χ1v) is 9.05. The second-order valence-electron chi connectivity index (χ2n) is 7.54. The van der Waals surface area contributed by atoms with Crippen LogP contribution in [0.25, 0.3) is 0 Å². The van der Waals surface area contributed by atoms with Crippen LogP contribution < -0.4 is 5.32 Å². The van der Waals surface area contributed by atoms with Crippen molar-refractivity contribution < 1.29 is 4.79 Å². The minimum absolute atomic E-state index is 0.0346. The van der Waals surface area contributed by atoms with Gasteiger partial charge in [0, 0.05) is 30.3 Å². The van der Waals surface area contributed by atoms with E-state index >= 15 is 0 Å². The second kappa shape index (κ2) is 6.18. The van der Waals surface area contributed by atoms with E-state index in [0.717, 1.165) is 19.4 Å². The third kappa shape index (κ3) is 2.50. The highest BCUT2D eigenvalue weighted by atomic mass is 16.1. The van der Waals surface area contributed by atoms with Crippen LogP contribution >= 0.6 is 0 Å². The van der Waals surface area contributed by atoms with Crippen LogP contribution in [0.2, 0.25) is 0 Å². The van der Waals surface area contributed by atoms with Crippen molar-refractivity contribution in [1.82, 2.24) is 5.32 Å². The summed E-state index contributed by atoms with van der Waals surface area (Å²) >= 11 is 0. The lowest BCUT2D eigenvalue weighted by atomic mass is 9.51. The summed E-state index contributed by atoms with van der Waals surface area (Å²) in [7, 11) is 0. The van der Waals surface area contributed by atoms with Gasteiger partial charge in [-0.3, -0.25) is 4.79 Å². The number of ketones is 1. The van der Waals surface area contributed by atoms with Crippen molar-refractivity contribution in [3.8, 4) is 0 Å². The van der Waals surface area contributed by atoms with Gasteiger partial charge < -0.3 is 5.32 Å². The average Bonchev–Trinajstić information content (AvgIpc) is 2.63. The second-order valence-corrected chi connectivity index (χ2v) is 7.54. The first-order chi connectivity index (χ1) is 11.7. The normalized spacial score (nSPS) is 32.0. The van der Waals surface area contributed by atoms with Gasteiger partial charge in [0.25, 0.3) is 0 Å². The van der Waals surface area contributed by atoms with Gasteiger partial charge in [-0.05, 0) is 29.9 Å². The van der Waals surface area contributed by atoms with Gasteiger partial charge >= 0.3 is 0 Å². The maximum absolute atomic E-state index is 12.6. The molecule has 2 bridgehead atoms. The van der Waals surface area contributed by atoms with Gasteiger partial charge in [-0.2, -0.15) is 0 Å². The molecule has 3 fully saturated rings. The van der Waals surface area contributed by atoms with E-state index in [1.165, 1.54) is 17.5 Å². The summed E-state index contributed by atoms with van der Waals surface area (Å²) in [6, 6.07) is 21.5. The Bertz CT molecular complexity index is 711. The SMILES string of the molecule is C[C@]1(c2ccccc2)[C@H]2CC[C@H](C(=O)C2)[C@@H]1NCc1ccccc1. The van der Waals surface area contributed by atoms with Gasteiger partial charge in [-0.1, -0.05) is 67.6 Å². The highest BCUT2D eigenvalue weighted by Crippen LogP contribution is 2.52. The summed E-state index contributed by atoms with van der Waals surface area (Å²) in [5.74, 6) is 1.07. The van der Waals surface area contributed by atoms with Crippen molar-refractivity contribution >= 4 is 5.78 Å². The molecular formula is C22H25NO. The third-order valence-electron chi connectivity index (χ3n) is 6.35. The van der Waals surface area contributed by atoms with Crippen molar-refractivity contribution in [3.05, 3.63) is 71.8 Å². The zero-order chi connectivity index (χ0) is 16.6. The van der Waals surface area contributed by atoms with Crippen LogP contribution in [0.1, 0.15) is 37.3 Å². The van der Waals surface area contributed by atoms with E-state index in [9.17, 15) is 4.79 Å². The van der Waals surface area contributed by atoms with Crippen molar-refractivity contribution in [2.24, 2.45) is 11.8 Å². The topological polar surface area (TPSA) is 29.1 Å². The summed E-state index contributed by atoms with van der Waals surface area (Å²) < 4.78 is 0. The molecular weight excluding hydrogens is 294 g/mol. The third-order valence-corrected chi connectivity index (χ3v) is 6.35. The predicted molar refractivity (Wildman–Crippen MR) is 96.7 cm³/mol. The molecule has 0 saturated heterocycles. The van der Waals surface area contributed by atoms with E-state index in [0.29, 0.717) is 11.7 Å². The molecule has 3 aliphatic carbocycles. The summed E-state index contributed by atoms with van der Waals surface area (Å²) in [6.07, 6.45) is 2.96. The highest BCUT2D eigenvalue weighted by molar-refractivity contribution is 5.84. The Morgan fingerprint density at radius 3 is 2.33 bits per heavy atom. The summed E-state index contributed by atoms with van der Waals surface area (Å²) in [4.78, 5) is 12.6. The van der Waals surface area contributed by atoms with Crippen LogP contribution in [0.4, 0.5) is 0 Å². The van der Waals surface area contributed by atoms with E-state index in [2.05, 4.69) is 66.8 Å². The molecule has 0 heterocycles. The number of carbonyl (C=O) groups excluding carboxylic acids is 1. The number of benzene rings is 2. The Hall–Kier alpha value is -1.93. The van der Waals surface area contributed by atoms with Gasteiger partial charge in [0.2, 0.25) is 0 Å². The number of rotatable bonds is 4. The van der Waals surface area contributed by atoms with Gasteiger partial charge in [0.15, 0.2) is 0 Å². The Morgan fingerprint density at radius 2 is 1.67 bits per heavy atom. The van der Waals surface area contributed by atoms with Crippen molar-refractivity contribution in [2.75, 3.05) is 0 Å². The van der Waals surface area contributed by atoms with E-state index < -0.39 is 0 Å². The first-order valence-electron chi connectivity index (χ1n) is 9.05. The van der Waals surface area contributed by atoms with Crippen LogP contribution in [0.5, 0.6) is 0 Å². The summed E-state index contributed by atoms with van der Waals surface area (Å²) in [5.41, 5.74) is 2.69. The Labute approximate surface area is 144 Å². The highest BCUT2D eigenvalue weighted by Gasteiger charge is 2.55. The molecule has 4 atom stereocenters. The molecule has 3 aliphatic rings. The fraction of sp³-hybridized carbons (Fsp3) is 0.409. The number of hydrogen-bond acceptors (Lipinski definition) is 2. The van der Waals surface area contributed by atoms with E-state index in [1.54, 1.807) is 0 Å². The van der Waals surface area contributed by atoms with Crippen molar-refractivity contribution in [1.29, 1.82) is 0 Å². The fourth-order valence-corrected chi connectivity index (χ4v) is 4.96. The van der Waals surface area contributed by atoms with Crippen LogP contribution in [-0.4, -0.2) is 11.8 Å². The minimum Gasteiger partial charge on any atom is -0.308 e. The van der Waals surface area contributed by atoms with Gasteiger partial charge in [0.1, 0.15) is 5.78 Å². The Morgan fingerprint density at radius 1 is 1.00 bits per heavy atom. The average molecular weight is 319 g/mol. The Kier molecular flexibility index (Phi) is 4.01. The molecule has 0 amide bonds. The zero-order valence-electron chi connectivity index (χ0n) is 14.2. The number of carbonyl (C=O) groups is 1. The minimum atomic E-state index is 0.0346. The van der Waals surface area contributed by atoms with Crippen LogP contribution in [0.3, 0.4) is 0 Å². The zero-order valence-corrected chi connectivity index (χ0v) is 14.2. The maximum Gasteiger partial charge on any atom is 0.137 e. The maximum atomic E-state index is 12.6. The van der Waals surface area contributed by atoms with E-state index in [-0.39, 0.29) is 17.4 Å². The molecule has 5 rings (SSSR count). The largest absolute Gasteiger partial charge is 0.308 e. The van der Waals surface area contributed by atoms with Gasteiger partial charge in [0.05, 0.1) is 0 Å². The molecule has 2 nitrogen and oxygen atoms in total. The van der Waals surface area contributed by atoms with E-state index in [4.69, 9.17) is 0 Å². The van der Waals surface area contributed by atoms with Crippen LogP contribution in [-0.2, 0) is 16.8 Å². The standard InChI is InChI=1S/C22H25NO/c1-22(17-10-6-3-7-11-17)18-12-13-19(20(24)14-18)21(22)23-15-16-8-4-2-5-9-16/h2-11,18-19,21,23H,12-15H2,1H3/t18-,19+,21-,22-/m0/s1. The molecule has 0 aliphatic heterocycles. The lowest BCUT2D eigenvalue weighted by Gasteiger charge is -2.55. The number of fused-ring (bicyclic) bond motifs is 3. The lowest BCUT2D eigenvalue weighted by molar-refractivity contribution is -0.135. The monoisotopic (exact) mass is 319 g/mol. The smallest absolute Gasteiger partial charge is 0.137 e. The molecule has 2 heteroatoms. The summed E-state index contributed by atoms with van der Waals surface area (Å²) in [5, 5.41) is 3.77. The van der Waals surface area contributed by atoms with Crippen molar-refractivity contribution in [2.45, 2.75) is 44.2 Å². The van der Waals surface area contributed by atoms with Crippen LogP contribution in [0, 0.1) is 11.8 Å². The molecule has 0 aromatic heterocycles. The molecule has 124 valence electrons. The Balaban J connectivity index is 1.66. The fourth-order valence-electron chi connectivity index (χ4n) is 4.96. The van der Waals surface area contributed by atoms with E-state index in [1.807, 2.05) is 6.07 Å². The van der Waals surface area contributed by atoms with Gasteiger partial charge in [-0.15, -0.1) is 0 Å². The molecule has 3 saturated carbocycles. The predicted octanol–water partition coefficient (Wildman–Crippen LogP) is 4.10. The molecule has 0 unspecified atom stereocenters. The number of hydrogen-bond donors (Lipinski definition) is 1. The molecule has 0 radical (unpaired) electrons. The summed E-state index contributed by atoms with van der Waals surface area (Å²) in [6.45, 7) is 3.19. The quantitative estimate of drug-likeness (QED) is 0.919. The molecule has 24 heavy (non-hydrogen) atoms. The molecule has 0 spiro atoms. The van der Waals surface area contributed by atoms with Gasteiger partial charge in [-0.25, -0.2) is 0 Å². The van der Waals surface area contributed by atoms with Crippen LogP contribution in [0.15, 0.2) is 60.7 Å². The molecule has 2 aromatic rings. The molecule has 2 aromatic carbocycles. The number of Topliss-reactive ketones (excluding diaryl/α,β-unsaturated/α-hetero) is 1. The van der Waals surface area contributed by atoms with Crippen molar-refractivity contribution in [3.63, 3.8) is 0 Å². The number of nitrogens with one attached hydrogen (secondary N) is 1. The lowest BCUT2D eigenvalue weighted by Crippen LogP contribution is -2.63. The first kappa shape index (κ1) is 15.6. The molecule has 1 N–H and O–H groups in total.